The molecule has 23 heavy (non-hydrogen) atoms. The minimum atomic E-state index is -0.272. The second kappa shape index (κ2) is 6.66. The first-order chi connectivity index (χ1) is 11.1. The van der Waals surface area contributed by atoms with Gasteiger partial charge in [0.15, 0.2) is 5.69 Å². The molecule has 2 heterocycles. The molecule has 0 saturated heterocycles. The third kappa shape index (κ3) is 3.60. The molecule has 0 radical (unpaired) electrons. The van der Waals surface area contributed by atoms with Crippen LogP contribution in [0.2, 0.25) is 5.02 Å². The Kier molecular flexibility index (Phi) is 4.43. The molecule has 0 bridgehead atoms. The summed E-state index contributed by atoms with van der Waals surface area (Å²) in [4.78, 5) is 12.0. The molecule has 0 fully saturated rings. The fraction of sp³-hybridized carbons (Fsp3) is 0.188. The van der Waals surface area contributed by atoms with Gasteiger partial charge >= 0.3 is 0 Å². The molecule has 0 saturated carbocycles. The van der Waals surface area contributed by atoms with Gasteiger partial charge in [-0.05, 0) is 24.1 Å². The minimum Gasteiger partial charge on any atom is -0.350 e. The van der Waals surface area contributed by atoms with Crippen molar-refractivity contribution < 1.29 is 4.79 Å². The highest BCUT2D eigenvalue weighted by atomic mass is 35.5. The van der Waals surface area contributed by atoms with Gasteiger partial charge in [0.25, 0.3) is 5.91 Å². The number of halogens is 1. The normalized spacial score (nSPS) is 10.7. The van der Waals surface area contributed by atoms with Crippen LogP contribution in [0, 0.1) is 0 Å². The van der Waals surface area contributed by atoms with E-state index >= 15 is 0 Å². The molecular weight excluding hydrogens is 314 g/mol. The summed E-state index contributed by atoms with van der Waals surface area (Å²) in [5.74, 6) is -0.272. The van der Waals surface area contributed by atoms with E-state index in [1.807, 2.05) is 41.2 Å². The van der Waals surface area contributed by atoms with Gasteiger partial charge < -0.3 is 5.32 Å². The third-order valence-corrected chi connectivity index (χ3v) is 3.63. The Balaban J connectivity index is 1.56. The summed E-state index contributed by atoms with van der Waals surface area (Å²) in [6, 6.07) is 9.87. The maximum absolute atomic E-state index is 12.0. The summed E-state index contributed by atoms with van der Waals surface area (Å²) in [7, 11) is 1.72. The van der Waals surface area contributed by atoms with Crippen molar-refractivity contribution >= 4 is 17.5 Å². The van der Waals surface area contributed by atoms with Gasteiger partial charge in [-0.3, -0.25) is 9.48 Å². The maximum Gasteiger partial charge on any atom is 0.273 e. The highest BCUT2D eigenvalue weighted by Crippen LogP contribution is 2.12. The molecule has 2 aromatic heterocycles. The van der Waals surface area contributed by atoms with Crippen LogP contribution in [0.5, 0.6) is 0 Å². The van der Waals surface area contributed by atoms with Crippen LogP contribution in [0.15, 0.2) is 48.9 Å². The molecule has 118 valence electrons. The van der Waals surface area contributed by atoms with Crippen molar-refractivity contribution in [2.24, 2.45) is 7.05 Å². The molecule has 1 amide bonds. The Hall–Kier alpha value is -2.60. The smallest absolute Gasteiger partial charge is 0.273 e. The van der Waals surface area contributed by atoms with Crippen LogP contribution < -0.4 is 5.32 Å². The zero-order valence-electron chi connectivity index (χ0n) is 12.6. The van der Waals surface area contributed by atoms with Crippen LogP contribution in [0.4, 0.5) is 0 Å². The second-order valence-corrected chi connectivity index (χ2v) is 5.54. The van der Waals surface area contributed by atoms with Crippen LogP contribution in [-0.2, 0) is 13.5 Å². The summed E-state index contributed by atoms with van der Waals surface area (Å²) in [5.41, 5.74) is 2.29. The number of aromatic nitrogens is 4. The highest BCUT2D eigenvalue weighted by molar-refractivity contribution is 6.33. The average molecular weight is 330 g/mol. The zero-order chi connectivity index (χ0) is 16.2. The van der Waals surface area contributed by atoms with E-state index in [1.165, 1.54) is 4.68 Å². The van der Waals surface area contributed by atoms with Crippen LogP contribution in [0.3, 0.4) is 0 Å². The number of aryl methyl sites for hydroxylation is 1. The summed E-state index contributed by atoms with van der Waals surface area (Å²) >= 11 is 5.95. The van der Waals surface area contributed by atoms with Gasteiger partial charge in [-0.2, -0.15) is 10.2 Å². The van der Waals surface area contributed by atoms with Crippen LogP contribution in [0.1, 0.15) is 16.1 Å². The zero-order valence-corrected chi connectivity index (χ0v) is 13.4. The molecule has 1 aromatic carbocycles. The number of carbonyl (C=O) groups is 1. The first-order valence-electron chi connectivity index (χ1n) is 7.20. The van der Waals surface area contributed by atoms with Crippen molar-refractivity contribution in [3.8, 4) is 5.69 Å². The molecule has 0 aliphatic carbocycles. The molecule has 6 nitrogen and oxygen atoms in total. The van der Waals surface area contributed by atoms with E-state index in [4.69, 9.17) is 11.6 Å². The summed E-state index contributed by atoms with van der Waals surface area (Å²) < 4.78 is 3.33. The SMILES string of the molecule is Cn1cc(Cl)c(C(=O)NCCc2cnn(-c3ccccc3)c2)n1. The monoisotopic (exact) mass is 329 g/mol. The molecule has 1 N–H and O–H groups in total. The van der Waals surface area contributed by atoms with E-state index in [2.05, 4.69) is 15.5 Å². The van der Waals surface area contributed by atoms with Gasteiger partial charge in [0.05, 0.1) is 16.9 Å². The predicted molar refractivity (Wildman–Crippen MR) is 87.8 cm³/mol. The Bertz CT molecular complexity index is 809. The van der Waals surface area contributed by atoms with E-state index < -0.39 is 0 Å². The highest BCUT2D eigenvalue weighted by Gasteiger charge is 2.14. The fourth-order valence-corrected chi connectivity index (χ4v) is 2.49. The summed E-state index contributed by atoms with van der Waals surface area (Å²) in [6.45, 7) is 0.492. The van der Waals surface area contributed by atoms with Crippen molar-refractivity contribution in [3.05, 3.63) is 65.2 Å². The third-order valence-electron chi connectivity index (χ3n) is 3.36. The van der Waals surface area contributed by atoms with Crippen LogP contribution in [-0.4, -0.2) is 32.0 Å². The lowest BCUT2D eigenvalue weighted by atomic mass is 10.2. The number of nitrogens with zero attached hydrogens (tertiary/aromatic N) is 4. The number of hydrogen-bond donors (Lipinski definition) is 1. The van der Waals surface area contributed by atoms with Crippen molar-refractivity contribution in [2.75, 3.05) is 6.54 Å². The summed E-state index contributed by atoms with van der Waals surface area (Å²) in [5, 5.41) is 11.5. The maximum atomic E-state index is 12.0. The molecule has 7 heteroatoms. The van der Waals surface area contributed by atoms with Gasteiger partial charge in [0.2, 0.25) is 0 Å². The van der Waals surface area contributed by atoms with Crippen LogP contribution in [0.25, 0.3) is 5.69 Å². The topological polar surface area (TPSA) is 64.7 Å². The predicted octanol–water partition coefficient (Wildman–Crippen LogP) is 2.23. The van der Waals surface area contributed by atoms with Crippen molar-refractivity contribution in [1.82, 2.24) is 24.9 Å². The standard InChI is InChI=1S/C16H16ClN5O/c1-21-11-14(17)15(20-21)16(23)18-8-7-12-9-19-22(10-12)13-5-3-2-4-6-13/h2-6,9-11H,7-8H2,1H3,(H,18,23). The molecule has 0 spiro atoms. The van der Waals surface area contributed by atoms with E-state index in [0.717, 1.165) is 11.3 Å². The quantitative estimate of drug-likeness (QED) is 0.780. The second-order valence-electron chi connectivity index (χ2n) is 5.13. The number of rotatable bonds is 5. The minimum absolute atomic E-state index is 0.245. The number of benzene rings is 1. The summed E-state index contributed by atoms with van der Waals surface area (Å²) in [6.07, 6.45) is 6.03. The van der Waals surface area contributed by atoms with Gasteiger partial charge in [0.1, 0.15) is 0 Å². The van der Waals surface area contributed by atoms with Gasteiger partial charge in [-0.25, -0.2) is 4.68 Å². The largest absolute Gasteiger partial charge is 0.350 e. The Morgan fingerprint density at radius 1 is 1.26 bits per heavy atom. The first kappa shape index (κ1) is 15.3. The fourth-order valence-electron chi connectivity index (χ4n) is 2.23. The lowest BCUT2D eigenvalue weighted by Crippen LogP contribution is -2.26. The lowest BCUT2D eigenvalue weighted by Gasteiger charge is -2.02. The van der Waals surface area contributed by atoms with Crippen LogP contribution >= 0.6 is 11.6 Å². The van der Waals surface area contributed by atoms with E-state index in [-0.39, 0.29) is 11.6 Å². The average Bonchev–Trinajstić information content (AvgIpc) is 3.14. The number of nitrogens with one attached hydrogen (secondary N) is 1. The number of carbonyl (C=O) groups excluding carboxylic acids is 1. The Morgan fingerprint density at radius 2 is 2.04 bits per heavy atom. The number of amides is 1. The van der Waals surface area contributed by atoms with Crippen molar-refractivity contribution in [1.29, 1.82) is 0 Å². The molecule has 0 aliphatic heterocycles. The molecule has 3 rings (SSSR count). The van der Waals surface area contributed by atoms with Gasteiger partial charge in [-0.1, -0.05) is 29.8 Å². The Labute approximate surface area is 138 Å². The molecule has 0 unspecified atom stereocenters. The van der Waals surface area contributed by atoms with Crippen molar-refractivity contribution in [3.63, 3.8) is 0 Å². The molecule has 3 aromatic rings. The number of para-hydroxylation sites is 1. The van der Waals surface area contributed by atoms with E-state index in [1.54, 1.807) is 19.4 Å². The Morgan fingerprint density at radius 3 is 2.74 bits per heavy atom. The van der Waals surface area contributed by atoms with Gasteiger partial charge in [-0.15, -0.1) is 0 Å². The van der Waals surface area contributed by atoms with Gasteiger partial charge in [0, 0.05) is 26.0 Å². The van der Waals surface area contributed by atoms with E-state index in [9.17, 15) is 4.79 Å². The molecular formula is C16H16ClN5O. The first-order valence-corrected chi connectivity index (χ1v) is 7.57. The van der Waals surface area contributed by atoms with E-state index in [0.29, 0.717) is 18.0 Å². The lowest BCUT2D eigenvalue weighted by molar-refractivity contribution is 0.0948. The molecule has 0 aliphatic rings. The van der Waals surface area contributed by atoms with Crippen molar-refractivity contribution in [2.45, 2.75) is 6.42 Å². The number of hydrogen-bond acceptors (Lipinski definition) is 3. The molecule has 0 atom stereocenters.